The summed E-state index contributed by atoms with van der Waals surface area (Å²) in [4.78, 5) is 15.6. The summed E-state index contributed by atoms with van der Waals surface area (Å²) in [6.07, 6.45) is 2.62. The molecule has 0 aliphatic carbocycles. The van der Waals surface area contributed by atoms with E-state index in [1.54, 1.807) is 36.5 Å². The van der Waals surface area contributed by atoms with Crippen molar-refractivity contribution in [3.05, 3.63) is 83.6 Å². The summed E-state index contributed by atoms with van der Waals surface area (Å²) in [5, 5.41) is 6.89. The average Bonchev–Trinajstić information content (AvgIpc) is 3.24. The molecule has 8 nitrogen and oxygen atoms in total. The van der Waals surface area contributed by atoms with Crippen LogP contribution < -0.4 is 9.46 Å². The number of pyridine rings is 1. The highest BCUT2D eigenvalue weighted by Gasteiger charge is 2.26. The van der Waals surface area contributed by atoms with Crippen molar-refractivity contribution < 1.29 is 17.9 Å². The van der Waals surface area contributed by atoms with Crippen LogP contribution >= 0.6 is 0 Å². The van der Waals surface area contributed by atoms with Gasteiger partial charge in [-0.05, 0) is 41.8 Å². The van der Waals surface area contributed by atoms with Crippen molar-refractivity contribution in [3.63, 3.8) is 0 Å². The molecular formula is C22H20N4O4S. The van der Waals surface area contributed by atoms with Gasteiger partial charge in [0.15, 0.2) is 11.9 Å². The van der Waals surface area contributed by atoms with E-state index in [0.29, 0.717) is 40.6 Å². The van der Waals surface area contributed by atoms with Crippen molar-refractivity contribution >= 4 is 27.3 Å². The summed E-state index contributed by atoms with van der Waals surface area (Å²) in [5.74, 6) is 0.421. The molecule has 1 unspecified atom stereocenters. The molecule has 158 valence electrons. The van der Waals surface area contributed by atoms with E-state index >= 15 is 0 Å². The molecule has 2 aromatic heterocycles. The third kappa shape index (κ3) is 4.32. The highest BCUT2D eigenvalue weighted by molar-refractivity contribution is 7.89. The van der Waals surface area contributed by atoms with Gasteiger partial charge in [0.1, 0.15) is 5.75 Å². The summed E-state index contributed by atoms with van der Waals surface area (Å²) in [6, 6.07) is 17.2. The monoisotopic (exact) mass is 436 g/mol. The van der Waals surface area contributed by atoms with Crippen LogP contribution in [0.5, 0.6) is 5.75 Å². The van der Waals surface area contributed by atoms with Crippen molar-refractivity contribution in [2.75, 3.05) is 7.11 Å². The van der Waals surface area contributed by atoms with Crippen LogP contribution in [0, 0.1) is 0 Å². The van der Waals surface area contributed by atoms with Gasteiger partial charge in [0.2, 0.25) is 5.03 Å². The Balaban J connectivity index is 1.75. The van der Waals surface area contributed by atoms with Crippen LogP contribution in [-0.4, -0.2) is 37.0 Å². The second-order valence-electron chi connectivity index (χ2n) is 6.91. The molecule has 0 aliphatic heterocycles. The third-order valence-electron chi connectivity index (χ3n) is 4.92. The molecule has 4 rings (SSSR count). The predicted molar refractivity (Wildman–Crippen MR) is 115 cm³/mol. The highest BCUT2D eigenvalue weighted by Crippen LogP contribution is 2.27. The van der Waals surface area contributed by atoms with E-state index in [2.05, 4.69) is 19.9 Å². The third-order valence-corrected chi connectivity index (χ3v) is 6.33. The Morgan fingerprint density at radius 3 is 2.68 bits per heavy atom. The smallest absolute Gasteiger partial charge is 0.261 e. The van der Waals surface area contributed by atoms with Crippen LogP contribution in [0.15, 0.2) is 71.9 Å². The minimum absolute atomic E-state index is 0.127. The molecule has 0 amide bonds. The Kier molecular flexibility index (Phi) is 5.79. The number of aromatic amines is 1. The first kappa shape index (κ1) is 20.7. The maximum atomic E-state index is 13.2. The lowest BCUT2D eigenvalue weighted by Crippen LogP contribution is -2.30. The second kappa shape index (κ2) is 8.66. The molecule has 1 atom stereocenters. The minimum atomic E-state index is -4.00. The highest BCUT2D eigenvalue weighted by atomic mass is 32.2. The Morgan fingerprint density at radius 2 is 1.94 bits per heavy atom. The van der Waals surface area contributed by atoms with Crippen molar-refractivity contribution in [3.8, 4) is 5.75 Å². The predicted octanol–water partition coefficient (Wildman–Crippen LogP) is 3.04. The van der Waals surface area contributed by atoms with Gasteiger partial charge in [-0.3, -0.25) is 9.89 Å². The average molecular weight is 436 g/mol. The molecular weight excluding hydrogens is 416 g/mol. The Morgan fingerprint density at radius 1 is 1.13 bits per heavy atom. The molecule has 31 heavy (non-hydrogen) atoms. The number of sulfonamides is 1. The number of carbonyl (C=O) groups is 1. The van der Waals surface area contributed by atoms with E-state index in [1.165, 1.54) is 7.11 Å². The van der Waals surface area contributed by atoms with E-state index in [9.17, 15) is 13.2 Å². The van der Waals surface area contributed by atoms with Gasteiger partial charge in [0.05, 0.1) is 24.1 Å². The number of H-pyrrole nitrogens is 1. The normalized spacial score (nSPS) is 12.5. The van der Waals surface area contributed by atoms with Crippen LogP contribution in [0.2, 0.25) is 0 Å². The number of fused-ring (bicyclic) bond motifs is 1. The lowest BCUT2D eigenvalue weighted by atomic mass is 9.98. The number of hydrogen-bond donors (Lipinski definition) is 2. The number of aromatic nitrogens is 3. The quantitative estimate of drug-likeness (QED) is 0.411. The molecule has 0 fully saturated rings. The number of aldehydes is 1. The lowest BCUT2D eigenvalue weighted by Gasteiger charge is -2.20. The summed E-state index contributed by atoms with van der Waals surface area (Å²) in [7, 11) is -2.52. The van der Waals surface area contributed by atoms with E-state index < -0.39 is 16.1 Å². The summed E-state index contributed by atoms with van der Waals surface area (Å²) in [5.41, 5.74) is 2.29. The summed E-state index contributed by atoms with van der Waals surface area (Å²) >= 11 is 0. The topological polar surface area (TPSA) is 114 Å². The lowest BCUT2D eigenvalue weighted by molar-refractivity contribution is 0.112. The van der Waals surface area contributed by atoms with Gasteiger partial charge in [-0.25, -0.2) is 18.1 Å². The van der Waals surface area contributed by atoms with Gasteiger partial charge >= 0.3 is 0 Å². The molecule has 0 aliphatic rings. The van der Waals surface area contributed by atoms with E-state index in [4.69, 9.17) is 4.74 Å². The SMILES string of the molecule is COc1ccc(C(Cc2ccccc2)NS(=O)(=O)c2n[nH]c3ncccc23)cc1C=O. The number of hydrogen-bond acceptors (Lipinski definition) is 6. The van der Waals surface area contributed by atoms with Crippen LogP contribution in [0.4, 0.5) is 0 Å². The summed E-state index contributed by atoms with van der Waals surface area (Å²) in [6.45, 7) is 0. The second-order valence-corrected chi connectivity index (χ2v) is 8.54. The van der Waals surface area contributed by atoms with Crippen LogP contribution in [0.3, 0.4) is 0 Å². The molecule has 2 heterocycles. The molecule has 2 N–H and O–H groups in total. The first-order valence-electron chi connectivity index (χ1n) is 9.50. The summed E-state index contributed by atoms with van der Waals surface area (Å²) < 4.78 is 34.4. The van der Waals surface area contributed by atoms with Crippen LogP contribution in [-0.2, 0) is 16.4 Å². The molecule has 2 aromatic carbocycles. The van der Waals surface area contributed by atoms with Crippen molar-refractivity contribution in [1.29, 1.82) is 0 Å². The van der Waals surface area contributed by atoms with Gasteiger partial charge in [-0.15, -0.1) is 0 Å². The van der Waals surface area contributed by atoms with Gasteiger partial charge in [-0.1, -0.05) is 36.4 Å². The largest absolute Gasteiger partial charge is 0.496 e. The number of carbonyl (C=O) groups excluding carboxylic acids is 1. The molecule has 0 saturated carbocycles. The number of nitrogens with zero attached hydrogens (tertiary/aromatic N) is 2. The fraction of sp³-hybridized carbons (Fsp3) is 0.136. The maximum Gasteiger partial charge on any atom is 0.261 e. The number of nitrogens with one attached hydrogen (secondary N) is 2. The van der Waals surface area contributed by atoms with Gasteiger partial charge in [0, 0.05) is 6.20 Å². The zero-order chi connectivity index (χ0) is 21.8. The fourth-order valence-electron chi connectivity index (χ4n) is 3.42. The molecule has 0 radical (unpaired) electrons. The van der Waals surface area contributed by atoms with Crippen LogP contribution in [0.25, 0.3) is 11.0 Å². The van der Waals surface area contributed by atoms with Gasteiger partial charge in [-0.2, -0.15) is 5.10 Å². The Hall–Kier alpha value is -3.56. The molecule has 4 aromatic rings. The van der Waals surface area contributed by atoms with Gasteiger partial charge < -0.3 is 4.74 Å². The first-order chi connectivity index (χ1) is 15.0. The van der Waals surface area contributed by atoms with Gasteiger partial charge in [0.25, 0.3) is 10.0 Å². The zero-order valence-electron chi connectivity index (χ0n) is 16.6. The number of methoxy groups -OCH3 is 1. The van der Waals surface area contributed by atoms with Crippen molar-refractivity contribution in [1.82, 2.24) is 19.9 Å². The standard InChI is InChI=1S/C22H20N4O4S/c1-30-20-10-9-16(13-17(20)14-27)19(12-15-6-3-2-4-7-15)26-31(28,29)22-18-8-5-11-23-21(18)24-25-22/h2-11,13-14,19,26H,12H2,1H3,(H,23,24,25). The number of rotatable bonds is 8. The molecule has 0 saturated heterocycles. The maximum absolute atomic E-state index is 13.2. The first-order valence-corrected chi connectivity index (χ1v) is 11.0. The van der Waals surface area contributed by atoms with Crippen molar-refractivity contribution in [2.45, 2.75) is 17.5 Å². The van der Waals surface area contributed by atoms with E-state index in [-0.39, 0.29) is 5.03 Å². The molecule has 0 bridgehead atoms. The molecule has 9 heteroatoms. The molecule has 0 spiro atoms. The zero-order valence-corrected chi connectivity index (χ0v) is 17.5. The Labute approximate surface area is 179 Å². The van der Waals surface area contributed by atoms with Crippen molar-refractivity contribution in [2.24, 2.45) is 0 Å². The van der Waals surface area contributed by atoms with E-state index in [0.717, 1.165) is 5.56 Å². The number of ether oxygens (including phenoxy) is 1. The minimum Gasteiger partial charge on any atom is -0.496 e. The van der Waals surface area contributed by atoms with E-state index in [1.807, 2.05) is 30.3 Å². The number of benzene rings is 2. The Bertz CT molecular complexity index is 1320. The fourth-order valence-corrected chi connectivity index (χ4v) is 4.74. The van der Waals surface area contributed by atoms with Crippen LogP contribution in [0.1, 0.15) is 27.5 Å².